The number of alkyl carbamates (subject to hydrolysis) is 1. The first-order valence-electron chi connectivity index (χ1n) is 10.4. The normalized spacial score (nSPS) is 17.1. The third kappa shape index (κ3) is 5.58. The van der Waals surface area contributed by atoms with E-state index in [2.05, 4.69) is 5.32 Å². The number of carbonyl (C=O) groups excluding carboxylic acids is 1. The summed E-state index contributed by atoms with van der Waals surface area (Å²) in [5.41, 5.74) is 0.916. The number of ether oxygens (including phenoxy) is 1. The van der Waals surface area contributed by atoms with Crippen LogP contribution in [0.25, 0.3) is 6.08 Å². The fourth-order valence-corrected chi connectivity index (χ4v) is 3.16. The van der Waals surface area contributed by atoms with E-state index in [1.165, 1.54) is 6.07 Å². The summed E-state index contributed by atoms with van der Waals surface area (Å²) in [6, 6.07) is 16.0. The summed E-state index contributed by atoms with van der Waals surface area (Å²) < 4.78 is 17.5. The van der Waals surface area contributed by atoms with Crippen molar-refractivity contribution >= 4 is 25.3 Å². The first-order valence-corrected chi connectivity index (χ1v) is 10.4. The van der Waals surface area contributed by atoms with Crippen LogP contribution in [0.2, 0.25) is 0 Å². The van der Waals surface area contributed by atoms with Crippen molar-refractivity contribution < 1.29 is 28.7 Å². The van der Waals surface area contributed by atoms with Crippen molar-refractivity contribution in [3.63, 3.8) is 0 Å². The van der Waals surface area contributed by atoms with Gasteiger partial charge < -0.3 is 24.5 Å². The molecule has 1 aliphatic rings. The highest BCUT2D eigenvalue weighted by atomic mass is 16.7. The summed E-state index contributed by atoms with van der Waals surface area (Å²) in [6.07, 6.45) is 1.09. The summed E-state index contributed by atoms with van der Waals surface area (Å²) in [5.74, 6) is -1.04. The van der Waals surface area contributed by atoms with Crippen LogP contribution in [-0.2, 0) is 20.7 Å². The maximum atomic E-state index is 12.3. The molecule has 0 atom stereocenters. The van der Waals surface area contributed by atoms with Crippen molar-refractivity contribution in [1.82, 2.24) is 5.32 Å². The van der Waals surface area contributed by atoms with Gasteiger partial charge in [0.2, 0.25) is 0 Å². The molecule has 0 radical (unpaired) electrons. The van der Waals surface area contributed by atoms with E-state index in [-0.39, 0.29) is 18.7 Å². The summed E-state index contributed by atoms with van der Waals surface area (Å²) in [6.45, 7) is 7.92. The maximum absolute atomic E-state index is 12.3. The zero-order valence-corrected chi connectivity index (χ0v) is 18.8. The van der Waals surface area contributed by atoms with Crippen LogP contribution in [0.1, 0.15) is 49.2 Å². The van der Waals surface area contributed by atoms with E-state index in [9.17, 15) is 14.7 Å². The van der Waals surface area contributed by atoms with Crippen LogP contribution < -0.4 is 5.32 Å². The molecule has 0 saturated carbocycles. The molecule has 0 aliphatic carbocycles. The molecular weight excluding hydrogens is 409 g/mol. The van der Waals surface area contributed by atoms with Crippen LogP contribution in [0.4, 0.5) is 4.79 Å². The molecule has 0 bridgehead atoms. The van der Waals surface area contributed by atoms with Crippen molar-refractivity contribution in [2.45, 2.75) is 45.5 Å². The van der Waals surface area contributed by atoms with E-state index >= 15 is 0 Å². The molecule has 2 N–H and O–H groups in total. The van der Waals surface area contributed by atoms with E-state index in [1.807, 2.05) is 58.0 Å². The molecule has 0 aromatic heterocycles. The zero-order chi connectivity index (χ0) is 23.4. The molecule has 1 aliphatic heterocycles. The predicted molar refractivity (Wildman–Crippen MR) is 122 cm³/mol. The van der Waals surface area contributed by atoms with Crippen molar-refractivity contribution in [3.05, 3.63) is 76.8 Å². The van der Waals surface area contributed by atoms with Gasteiger partial charge in [-0.2, -0.15) is 0 Å². The van der Waals surface area contributed by atoms with E-state index in [1.54, 1.807) is 24.3 Å². The number of rotatable bonds is 7. The Labute approximate surface area is 188 Å². The molecule has 2 aromatic carbocycles. The average Bonchev–Trinajstić information content (AvgIpc) is 2.97. The standard InChI is InChI=1S/C24H28BNO6/c1-23(2)24(3,4)32-25(31-23)19(14-18-12-8-9-13-20(18)21(27)28)15-26-22(29)30-16-17-10-6-5-7-11-17/h5-14H,15-16H2,1-4H3,(H,26,29)(H,27,28). The van der Waals surface area contributed by atoms with E-state index in [4.69, 9.17) is 14.0 Å². The summed E-state index contributed by atoms with van der Waals surface area (Å²) in [7, 11) is -0.753. The summed E-state index contributed by atoms with van der Waals surface area (Å²) in [5, 5.41) is 12.2. The smallest absolute Gasteiger partial charge is 0.478 e. The minimum absolute atomic E-state index is 0.0679. The predicted octanol–water partition coefficient (Wildman–Crippen LogP) is 4.33. The molecule has 7 nitrogen and oxygen atoms in total. The minimum Gasteiger partial charge on any atom is -0.478 e. The Hall–Kier alpha value is -3.10. The number of carboxylic acids is 1. The highest BCUT2D eigenvalue weighted by Gasteiger charge is 2.52. The molecule has 0 unspecified atom stereocenters. The lowest BCUT2D eigenvalue weighted by atomic mass is 9.76. The first-order chi connectivity index (χ1) is 15.1. The highest BCUT2D eigenvalue weighted by Crippen LogP contribution is 2.38. The van der Waals surface area contributed by atoms with Gasteiger partial charge in [0, 0.05) is 6.54 Å². The van der Waals surface area contributed by atoms with Crippen LogP contribution in [0, 0.1) is 0 Å². The second kappa shape index (κ2) is 9.59. The Kier molecular flexibility index (Phi) is 7.06. The number of benzene rings is 2. The Morgan fingerprint density at radius 1 is 1.00 bits per heavy atom. The molecule has 1 heterocycles. The van der Waals surface area contributed by atoms with Gasteiger partial charge in [0.05, 0.1) is 16.8 Å². The summed E-state index contributed by atoms with van der Waals surface area (Å²) >= 11 is 0. The topological polar surface area (TPSA) is 94.1 Å². The zero-order valence-electron chi connectivity index (χ0n) is 18.8. The van der Waals surface area contributed by atoms with Gasteiger partial charge in [0.25, 0.3) is 0 Å². The third-order valence-electron chi connectivity index (χ3n) is 5.74. The Morgan fingerprint density at radius 3 is 2.22 bits per heavy atom. The number of amides is 1. The van der Waals surface area contributed by atoms with Crippen LogP contribution >= 0.6 is 0 Å². The summed E-state index contributed by atoms with van der Waals surface area (Å²) in [4.78, 5) is 23.9. The maximum Gasteiger partial charge on any atom is 0.492 e. The number of hydrogen-bond acceptors (Lipinski definition) is 5. The monoisotopic (exact) mass is 437 g/mol. The second-order valence-electron chi connectivity index (χ2n) is 8.62. The van der Waals surface area contributed by atoms with Gasteiger partial charge in [-0.05, 0) is 50.4 Å². The Balaban J connectivity index is 1.79. The van der Waals surface area contributed by atoms with Gasteiger partial charge >= 0.3 is 19.2 Å². The lowest BCUT2D eigenvalue weighted by Crippen LogP contribution is -2.41. The highest BCUT2D eigenvalue weighted by molar-refractivity contribution is 6.56. The molecule has 1 amide bonds. The molecule has 168 valence electrons. The van der Waals surface area contributed by atoms with Crippen LogP contribution in [0.5, 0.6) is 0 Å². The molecule has 2 aromatic rings. The number of carbonyl (C=O) groups is 2. The number of carboxylic acid groups (broad SMARTS) is 1. The van der Waals surface area contributed by atoms with Gasteiger partial charge in [-0.25, -0.2) is 9.59 Å². The van der Waals surface area contributed by atoms with Gasteiger partial charge in [-0.1, -0.05) is 54.6 Å². The lowest BCUT2D eigenvalue weighted by molar-refractivity contribution is 0.00578. The van der Waals surface area contributed by atoms with Gasteiger partial charge in [-0.3, -0.25) is 0 Å². The van der Waals surface area contributed by atoms with Crippen molar-refractivity contribution in [3.8, 4) is 0 Å². The quantitative estimate of drug-likeness (QED) is 0.627. The fraction of sp³-hybridized carbons (Fsp3) is 0.333. The van der Waals surface area contributed by atoms with Crippen molar-refractivity contribution in [2.75, 3.05) is 6.54 Å². The van der Waals surface area contributed by atoms with Crippen molar-refractivity contribution in [2.24, 2.45) is 0 Å². The molecule has 8 heteroatoms. The molecule has 1 fully saturated rings. The SMILES string of the molecule is CC1(C)OB(C(=Cc2ccccc2C(=O)O)CNC(=O)OCc2ccccc2)OC1(C)C. The lowest BCUT2D eigenvalue weighted by Gasteiger charge is -2.32. The molecule has 0 spiro atoms. The second-order valence-corrected chi connectivity index (χ2v) is 8.62. The molecule has 1 saturated heterocycles. The number of nitrogens with one attached hydrogen (secondary N) is 1. The fourth-order valence-electron chi connectivity index (χ4n) is 3.16. The number of aromatic carboxylic acids is 1. The van der Waals surface area contributed by atoms with Crippen LogP contribution in [-0.4, -0.2) is 42.0 Å². The van der Waals surface area contributed by atoms with E-state index in [0.29, 0.717) is 11.0 Å². The van der Waals surface area contributed by atoms with Crippen LogP contribution in [0.3, 0.4) is 0 Å². The minimum atomic E-state index is -1.04. The average molecular weight is 437 g/mol. The van der Waals surface area contributed by atoms with E-state index < -0.39 is 30.4 Å². The largest absolute Gasteiger partial charge is 0.492 e. The van der Waals surface area contributed by atoms with E-state index in [0.717, 1.165) is 5.56 Å². The van der Waals surface area contributed by atoms with Crippen LogP contribution in [0.15, 0.2) is 60.1 Å². The first kappa shape index (κ1) is 23.6. The van der Waals surface area contributed by atoms with Gasteiger partial charge in [-0.15, -0.1) is 0 Å². The number of hydrogen-bond donors (Lipinski definition) is 2. The van der Waals surface area contributed by atoms with Crippen molar-refractivity contribution in [1.29, 1.82) is 0 Å². The molecular formula is C24H28BNO6. The molecule has 3 rings (SSSR count). The Morgan fingerprint density at radius 2 is 1.59 bits per heavy atom. The van der Waals surface area contributed by atoms with Gasteiger partial charge in [0.1, 0.15) is 6.61 Å². The van der Waals surface area contributed by atoms with Gasteiger partial charge in [0.15, 0.2) is 0 Å². The molecule has 32 heavy (non-hydrogen) atoms. The Bertz CT molecular complexity index is 987. The third-order valence-corrected chi connectivity index (χ3v) is 5.74.